The highest BCUT2D eigenvalue weighted by atomic mass is 31.0. The summed E-state index contributed by atoms with van der Waals surface area (Å²) in [5.74, 6) is 0. The van der Waals surface area contributed by atoms with Crippen molar-refractivity contribution in [3.8, 4) is 0 Å². The average molecular weight is 169 g/mol. The lowest BCUT2D eigenvalue weighted by molar-refractivity contribution is 0.706. The van der Waals surface area contributed by atoms with E-state index in [-0.39, 0.29) is 5.57 Å². The fourth-order valence-electron chi connectivity index (χ4n) is 0.724. The Morgan fingerprint density at radius 1 is 1.64 bits per heavy atom. The van der Waals surface area contributed by atoms with Gasteiger partial charge in [0.1, 0.15) is 5.57 Å². The summed E-state index contributed by atoms with van der Waals surface area (Å²) in [4.78, 5) is 4.01. The second-order valence-electron chi connectivity index (χ2n) is 2.26. The first-order valence-corrected chi connectivity index (χ1v) is 3.81. The van der Waals surface area contributed by atoms with Crippen LogP contribution in [0.5, 0.6) is 0 Å². The molecule has 1 aromatic rings. The topological polar surface area (TPSA) is 12.9 Å². The second-order valence-corrected chi connectivity index (χ2v) is 2.81. The molecule has 0 fully saturated rings. The average Bonchev–Trinajstić information content (AvgIpc) is 1.93. The fourth-order valence-corrected chi connectivity index (χ4v) is 0.916. The zero-order chi connectivity index (χ0) is 8.27. The van der Waals surface area contributed by atoms with Crippen molar-refractivity contribution in [3.05, 3.63) is 35.2 Å². The molecule has 58 valence electrons. The van der Waals surface area contributed by atoms with Gasteiger partial charge in [-0.2, -0.15) is 0 Å². The number of pyridine rings is 1. The van der Waals surface area contributed by atoms with Crippen LogP contribution in [0, 0.1) is 6.92 Å². The third-order valence-electron chi connectivity index (χ3n) is 1.24. The maximum absolute atomic E-state index is 12.3. The van der Waals surface area contributed by atoms with Gasteiger partial charge in [-0.3, -0.25) is 4.98 Å². The van der Waals surface area contributed by atoms with E-state index in [0.29, 0.717) is 0 Å². The van der Waals surface area contributed by atoms with Crippen LogP contribution in [0.4, 0.5) is 4.39 Å². The summed E-state index contributed by atoms with van der Waals surface area (Å²) >= 11 is 0. The van der Waals surface area contributed by atoms with Gasteiger partial charge in [-0.05, 0) is 24.6 Å². The van der Waals surface area contributed by atoms with E-state index in [2.05, 4.69) is 4.98 Å². The molecule has 0 radical (unpaired) electrons. The monoisotopic (exact) mass is 169 g/mol. The Kier molecular flexibility index (Phi) is 2.72. The van der Waals surface area contributed by atoms with Crippen LogP contribution in [0.1, 0.15) is 11.3 Å². The van der Waals surface area contributed by atoms with Crippen molar-refractivity contribution in [2.75, 3.05) is 0 Å². The van der Waals surface area contributed by atoms with Crippen molar-refractivity contribution >= 4 is 15.3 Å². The van der Waals surface area contributed by atoms with Crippen LogP contribution in [0.3, 0.4) is 0 Å². The predicted molar refractivity (Wildman–Crippen MR) is 47.8 cm³/mol. The normalized spacial score (nSPS) is 11.7. The molecule has 0 amide bonds. The van der Waals surface area contributed by atoms with Gasteiger partial charge in [-0.1, -0.05) is 15.3 Å². The second kappa shape index (κ2) is 3.59. The van der Waals surface area contributed by atoms with E-state index >= 15 is 0 Å². The summed E-state index contributed by atoms with van der Waals surface area (Å²) in [5.41, 5.74) is 1.44. The van der Waals surface area contributed by atoms with E-state index in [1.54, 1.807) is 6.20 Å². The number of rotatable bonds is 1. The number of hydrogen-bond acceptors (Lipinski definition) is 1. The molecule has 0 saturated carbocycles. The van der Waals surface area contributed by atoms with Gasteiger partial charge >= 0.3 is 0 Å². The molecule has 1 nitrogen and oxygen atoms in total. The van der Waals surface area contributed by atoms with Crippen molar-refractivity contribution in [2.45, 2.75) is 6.92 Å². The maximum Gasteiger partial charge on any atom is 0.117 e. The summed E-state index contributed by atoms with van der Waals surface area (Å²) in [6.07, 6.45) is 3.05. The van der Waals surface area contributed by atoms with Gasteiger partial charge in [0.05, 0.1) is 0 Å². The number of halogens is 1. The number of nitrogens with zero attached hydrogens (tertiary/aromatic N) is 1. The molecule has 0 aliphatic carbocycles. The van der Waals surface area contributed by atoms with Crippen LogP contribution in [0.2, 0.25) is 0 Å². The van der Waals surface area contributed by atoms with Crippen LogP contribution in [-0.4, -0.2) is 4.98 Å². The first kappa shape index (κ1) is 8.35. The summed E-state index contributed by atoms with van der Waals surface area (Å²) in [7, 11) is 1.99. The van der Waals surface area contributed by atoms with Crippen molar-refractivity contribution in [3.63, 3.8) is 0 Å². The lowest BCUT2D eigenvalue weighted by Crippen LogP contribution is -1.79. The Labute approximate surface area is 67.6 Å². The van der Waals surface area contributed by atoms with E-state index < -0.39 is 0 Å². The number of hydrogen-bond donors (Lipinski definition) is 0. The molecule has 0 spiro atoms. The fraction of sp³-hybridized carbons (Fsp3) is 0.125. The van der Waals surface area contributed by atoms with E-state index in [1.807, 2.05) is 28.3 Å². The minimum atomic E-state index is -0.282. The summed E-state index contributed by atoms with van der Waals surface area (Å²) < 4.78 is 12.3. The largest absolute Gasteiger partial charge is 0.261 e. The van der Waals surface area contributed by atoms with Crippen molar-refractivity contribution in [1.29, 1.82) is 0 Å². The predicted octanol–water partition coefficient (Wildman–Crippen LogP) is 2.53. The number of aromatic nitrogens is 1. The van der Waals surface area contributed by atoms with Crippen molar-refractivity contribution < 1.29 is 4.39 Å². The molecule has 0 aromatic carbocycles. The highest BCUT2D eigenvalue weighted by Crippen LogP contribution is 2.12. The molecule has 0 aliphatic rings. The highest BCUT2D eigenvalue weighted by Gasteiger charge is 1.89. The van der Waals surface area contributed by atoms with Crippen molar-refractivity contribution in [1.82, 2.24) is 4.98 Å². The molecule has 11 heavy (non-hydrogen) atoms. The molecule has 1 rings (SSSR count). The van der Waals surface area contributed by atoms with Crippen LogP contribution < -0.4 is 0 Å². The van der Waals surface area contributed by atoms with E-state index in [9.17, 15) is 4.39 Å². The molecule has 3 heteroatoms. The molecule has 0 bridgehead atoms. The lowest BCUT2D eigenvalue weighted by atomic mass is 10.2. The number of aryl methyl sites for hydroxylation is 1. The zero-order valence-corrected chi connectivity index (χ0v) is 7.37. The molecule has 1 unspecified atom stereocenters. The Morgan fingerprint density at radius 3 is 2.82 bits per heavy atom. The molecule has 1 heterocycles. The molecule has 0 saturated heterocycles. The van der Waals surface area contributed by atoms with E-state index in [4.69, 9.17) is 0 Å². The third-order valence-corrected chi connectivity index (χ3v) is 1.41. The van der Waals surface area contributed by atoms with Crippen LogP contribution in [0.25, 0.3) is 6.08 Å². The molecular formula is C8H9FNP. The van der Waals surface area contributed by atoms with Crippen LogP contribution >= 0.6 is 9.24 Å². The van der Waals surface area contributed by atoms with Gasteiger partial charge in [0.15, 0.2) is 0 Å². The van der Waals surface area contributed by atoms with Crippen LogP contribution in [-0.2, 0) is 0 Å². The first-order chi connectivity index (χ1) is 5.18. The summed E-state index contributed by atoms with van der Waals surface area (Å²) in [5, 5.41) is 0. The zero-order valence-electron chi connectivity index (χ0n) is 6.21. The van der Waals surface area contributed by atoms with Crippen molar-refractivity contribution in [2.24, 2.45) is 0 Å². The van der Waals surface area contributed by atoms with E-state index in [1.165, 1.54) is 6.08 Å². The van der Waals surface area contributed by atoms with Gasteiger partial charge in [-0.25, -0.2) is 4.39 Å². The Balaban J connectivity index is 2.91. The van der Waals surface area contributed by atoms with Gasteiger partial charge in [-0.15, -0.1) is 0 Å². The van der Waals surface area contributed by atoms with Gasteiger partial charge in [0.2, 0.25) is 0 Å². The van der Waals surface area contributed by atoms with Crippen LogP contribution in [0.15, 0.2) is 23.9 Å². The molecule has 0 N–H and O–H groups in total. The minimum absolute atomic E-state index is 0.282. The quantitative estimate of drug-likeness (QED) is 0.588. The Bertz CT molecular complexity index is 262. The molecule has 1 atom stereocenters. The lowest BCUT2D eigenvalue weighted by Gasteiger charge is -1.92. The third kappa shape index (κ3) is 2.77. The SMILES string of the molecule is Cc1ccc(/C=C(/F)P)cn1. The van der Waals surface area contributed by atoms with E-state index in [0.717, 1.165) is 11.3 Å². The Morgan fingerprint density at radius 2 is 2.36 bits per heavy atom. The first-order valence-electron chi connectivity index (χ1n) is 3.24. The minimum Gasteiger partial charge on any atom is -0.261 e. The Hall–Kier alpha value is -0.750. The molecule has 0 aliphatic heterocycles. The molecule has 1 aromatic heterocycles. The smallest absolute Gasteiger partial charge is 0.117 e. The standard InChI is InChI=1S/C8H9FNP/c1-6-2-3-7(5-10-6)4-8(9)11/h2-5H,11H2,1H3/b8-4-. The maximum atomic E-state index is 12.3. The van der Waals surface area contributed by atoms with Gasteiger partial charge < -0.3 is 0 Å². The summed E-state index contributed by atoms with van der Waals surface area (Å²) in [6, 6.07) is 3.67. The highest BCUT2D eigenvalue weighted by molar-refractivity contribution is 7.22. The van der Waals surface area contributed by atoms with Gasteiger partial charge in [0, 0.05) is 11.9 Å². The van der Waals surface area contributed by atoms with Gasteiger partial charge in [0.25, 0.3) is 0 Å². The summed E-state index contributed by atoms with van der Waals surface area (Å²) in [6.45, 7) is 1.89. The molecular weight excluding hydrogens is 160 g/mol.